The highest BCUT2D eigenvalue weighted by atomic mass is 15.0. The fourth-order valence-electron chi connectivity index (χ4n) is 1.02. The molecule has 0 aromatic carbocycles. The van der Waals surface area contributed by atoms with Crippen molar-refractivity contribution in [3.8, 4) is 0 Å². The minimum absolute atomic E-state index is 0.270. The quantitative estimate of drug-likeness (QED) is 0.475. The molecule has 1 aliphatic heterocycles. The van der Waals surface area contributed by atoms with Crippen molar-refractivity contribution in [1.29, 1.82) is 0 Å². The van der Waals surface area contributed by atoms with Crippen LogP contribution < -0.4 is 11.1 Å². The molecular formula is C6H14N2. The van der Waals surface area contributed by atoms with Crippen LogP contribution in [-0.2, 0) is 0 Å². The summed E-state index contributed by atoms with van der Waals surface area (Å²) in [6, 6.07) is 0. The van der Waals surface area contributed by atoms with Crippen molar-refractivity contribution >= 4 is 0 Å². The molecule has 0 bridgehead atoms. The number of nitrogens with one attached hydrogen (secondary N) is 1. The van der Waals surface area contributed by atoms with Gasteiger partial charge in [0.15, 0.2) is 0 Å². The molecule has 2 heteroatoms. The summed E-state index contributed by atoms with van der Waals surface area (Å²) in [5.41, 5.74) is 5.59. The van der Waals surface area contributed by atoms with Gasteiger partial charge in [-0.1, -0.05) is 6.92 Å². The van der Waals surface area contributed by atoms with Gasteiger partial charge >= 0.3 is 0 Å². The molecule has 1 fully saturated rings. The molecule has 0 unspecified atom stereocenters. The molecule has 1 saturated heterocycles. The molecule has 0 aromatic heterocycles. The van der Waals surface area contributed by atoms with Gasteiger partial charge in [-0.2, -0.15) is 0 Å². The highest BCUT2D eigenvalue weighted by Gasteiger charge is 2.12. The lowest BCUT2D eigenvalue weighted by Gasteiger charge is -2.24. The Labute approximate surface area is 50.4 Å². The number of piperidine rings is 1. The van der Waals surface area contributed by atoms with Crippen LogP contribution in [0, 0.1) is 5.92 Å². The highest BCUT2D eigenvalue weighted by molar-refractivity contribution is 4.70. The topological polar surface area (TPSA) is 38.0 Å². The first-order valence-electron chi connectivity index (χ1n) is 3.28. The first kappa shape index (κ1) is 6.05. The van der Waals surface area contributed by atoms with Crippen LogP contribution in [0.3, 0.4) is 0 Å². The number of hydrogen-bond acceptors (Lipinski definition) is 2. The molecule has 1 aliphatic rings. The predicted octanol–water partition coefficient (Wildman–Crippen LogP) is 0.291. The fourth-order valence-corrected chi connectivity index (χ4v) is 1.02. The summed E-state index contributed by atoms with van der Waals surface area (Å²) in [7, 11) is 0. The zero-order chi connectivity index (χ0) is 5.98. The monoisotopic (exact) mass is 114 g/mol. The Bertz CT molecular complexity index is 54.9. The molecule has 0 radical (unpaired) electrons. The summed E-state index contributed by atoms with van der Waals surface area (Å²) in [5.74, 6) is 0.829. The third-order valence-corrected chi connectivity index (χ3v) is 1.70. The van der Waals surface area contributed by atoms with Crippen LogP contribution >= 0.6 is 0 Å². The van der Waals surface area contributed by atoms with Gasteiger partial charge in [0.1, 0.15) is 0 Å². The minimum atomic E-state index is 0.270. The Morgan fingerprint density at radius 2 is 2.25 bits per heavy atom. The van der Waals surface area contributed by atoms with Crippen LogP contribution in [-0.4, -0.2) is 12.7 Å². The Balaban J connectivity index is 2.19. The van der Waals surface area contributed by atoms with Crippen molar-refractivity contribution in [1.82, 2.24) is 5.32 Å². The van der Waals surface area contributed by atoms with E-state index in [2.05, 4.69) is 12.2 Å². The second-order valence-electron chi connectivity index (χ2n) is 2.70. The van der Waals surface area contributed by atoms with E-state index in [4.69, 9.17) is 5.73 Å². The molecule has 2 atom stereocenters. The van der Waals surface area contributed by atoms with Crippen LogP contribution in [0.1, 0.15) is 19.8 Å². The largest absolute Gasteiger partial charge is 0.316 e. The maximum absolute atomic E-state index is 5.59. The van der Waals surface area contributed by atoms with Crippen molar-refractivity contribution in [2.75, 3.05) is 6.54 Å². The van der Waals surface area contributed by atoms with Gasteiger partial charge in [0.05, 0.1) is 6.17 Å². The van der Waals surface area contributed by atoms with E-state index >= 15 is 0 Å². The van der Waals surface area contributed by atoms with Crippen molar-refractivity contribution in [2.24, 2.45) is 11.7 Å². The average Bonchev–Trinajstić information content (AvgIpc) is 1.77. The summed E-state index contributed by atoms with van der Waals surface area (Å²) in [6.07, 6.45) is 2.70. The fraction of sp³-hybridized carbons (Fsp3) is 1.00. The summed E-state index contributed by atoms with van der Waals surface area (Å²) in [4.78, 5) is 0. The Hall–Kier alpha value is -0.0800. The van der Waals surface area contributed by atoms with E-state index < -0.39 is 0 Å². The van der Waals surface area contributed by atoms with Gasteiger partial charge < -0.3 is 11.1 Å². The Kier molecular flexibility index (Phi) is 1.86. The van der Waals surface area contributed by atoms with Crippen LogP contribution in [0.5, 0.6) is 0 Å². The van der Waals surface area contributed by atoms with E-state index in [-0.39, 0.29) is 6.17 Å². The number of hydrogen-bond donors (Lipinski definition) is 2. The molecule has 0 saturated carbocycles. The van der Waals surface area contributed by atoms with Gasteiger partial charge in [0, 0.05) is 0 Å². The van der Waals surface area contributed by atoms with E-state index in [0.717, 1.165) is 18.9 Å². The summed E-state index contributed by atoms with van der Waals surface area (Å²) in [5, 5.41) is 3.21. The lowest BCUT2D eigenvalue weighted by molar-refractivity contribution is 0.333. The molecule has 1 heterocycles. The normalized spacial score (nSPS) is 39.8. The van der Waals surface area contributed by atoms with Gasteiger partial charge in [-0.25, -0.2) is 0 Å². The van der Waals surface area contributed by atoms with Gasteiger partial charge in [-0.05, 0) is 25.3 Å². The van der Waals surface area contributed by atoms with Crippen LogP contribution in [0.15, 0.2) is 0 Å². The molecule has 0 spiro atoms. The van der Waals surface area contributed by atoms with Gasteiger partial charge in [-0.3, -0.25) is 0 Å². The van der Waals surface area contributed by atoms with Crippen LogP contribution in [0.4, 0.5) is 0 Å². The second-order valence-corrected chi connectivity index (χ2v) is 2.70. The zero-order valence-corrected chi connectivity index (χ0v) is 5.35. The van der Waals surface area contributed by atoms with E-state index in [1.54, 1.807) is 0 Å². The number of nitrogens with two attached hydrogens (primary N) is 1. The molecule has 0 aromatic rings. The molecule has 2 nitrogen and oxygen atoms in total. The van der Waals surface area contributed by atoms with Crippen molar-refractivity contribution in [3.05, 3.63) is 0 Å². The maximum atomic E-state index is 5.59. The lowest BCUT2D eigenvalue weighted by Crippen LogP contribution is -2.43. The van der Waals surface area contributed by atoms with Gasteiger partial charge in [0.25, 0.3) is 0 Å². The molecular weight excluding hydrogens is 100 g/mol. The van der Waals surface area contributed by atoms with E-state index in [1.807, 2.05) is 0 Å². The molecule has 1 rings (SSSR count). The smallest absolute Gasteiger partial charge is 0.0546 e. The van der Waals surface area contributed by atoms with Gasteiger partial charge in [-0.15, -0.1) is 0 Å². The molecule has 0 amide bonds. The van der Waals surface area contributed by atoms with Gasteiger partial charge in [0.2, 0.25) is 0 Å². The average molecular weight is 114 g/mol. The Morgan fingerprint density at radius 1 is 1.50 bits per heavy atom. The number of rotatable bonds is 0. The van der Waals surface area contributed by atoms with Crippen molar-refractivity contribution in [3.63, 3.8) is 0 Å². The van der Waals surface area contributed by atoms with E-state index in [9.17, 15) is 0 Å². The lowest BCUT2D eigenvalue weighted by atomic mass is 10.0. The minimum Gasteiger partial charge on any atom is -0.316 e. The van der Waals surface area contributed by atoms with Crippen molar-refractivity contribution < 1.29 is 0 Å². The molecule has 0 aliphatic carbocycles. The second kappa shape index (κ2) is 2.46. The molecule has 8 heavy (non-hydrogen) atoms. The standard InChI is InChI=1S/C6H14N2/c1-5-2-3-6(7)8-4-5/h5-6,8H,2-4,7H2,1H3/t5-,6-/m1/s1. The third kappa shape index (κ3) is 1.46. The zero-order valence-electron chi connectivity index (χ0n) is 5.35. The van der Waals surface area contributed by atoms with Crippen molar-refractivity contribution in [2.45, 2.75) is 25.9 Å². The first-order valence-corrected chi connectivity index (χ1v) is 3.28. The molecule has 3 N–H and O–H groups in total. The maximum Gasteiger partial charge on any atom is 0.0546 e. The summed E-state index contributed by atoms with van der Waals surface area (Å²) < 4.78 is 0. The SMILES string of the molecule is C[C@@H]1CC[C@H](N)NC1. The van der Waals surface area contributed by atoms with E-state index in [1.165, 1.54) is 6.42 Å². The molecule has 48 valence electrons. The Morgan fingerprint density at radius 3 is 2.62 bits per heavy atom. The van der Waals surface area contributed by atoms with Crippen LogP contribution in [0.2, 0.25) is 0 Å². The third-order valence-electron chi connectivity index (χ3n) is 1.70. The first-order chi connectivity index (χ1) is 3.79. The van der Waals surface area contributed by atoms with E-state index in [0.29, 0.717) is 0 Å². The predicted molar refractivity (Wildman–Crippen MR) is 34.4 cm³/mol. The highest BCUT2D eigenvalue weighted by Crippen LogP contribution is 2.09. The van der Waals surface area contributed by atoms with Crippen LogP contribution in [0.25, 0.3) is 0 Å². The summed E-state index contributed by atoms with van der Waals surface area (Å²) in [6.45, 7) is 3.35. The summed E-state index contributed by atoms with van der Waals surface area (Å²) >= 11 is 0.